The molecule has 0 aliphatic heterocycles. The van der Waals surface area contributed by atoms with Gasteiger partial charge in [0.05, 0.1) is 12.5 Å². The van der Waals surface area contributed by atoms with Gasteiger partial charge in [-0.15, -0.1) is 6.58 Å². The van der Waals surface area contributed by atoms with E-state index in [1.165, 1.54) is 24.3 Å². The summed E-state index contributed by atoms with van der Waals surface area (Å²) in [5.74, 6) is 1.27. The SMILES string of the molecule is C=CC(C1=CC(=O)C=CC1=O)c1ccccc1.COc1c(C(C)C)oc2cc3oc(=O)ccc3cc12. The fraction of sp³-hybridized carbons (Fsp3) is 0.167. The van der Waals surface area contributed by atoms with E-state index in [0.717, 1.165) is 27.8 Å². The molecule has 2 heterocycles. The normalized spacial score (nSPS) is 13.9. The molecule has 0 N–H and O–H groups in total. The molecular weight excluding hydrogens is 456 g/mol. The summed E-state index contributed by atoms with van der Waals surface area (Å²) in [6.07, 6.45) is 5.68. The second-order valence-electron chi connectivity index (χ2n) is 8.62. The first-order valence-electron chi connectivity index (χ1n) is 11.5. The van der Waals surface area contributed by atoms with Crippen molar-refractivity contribution in [1.29, 1.82) is 0 Å². The minimum absolute atomic E-state index is 0.127. The first-order valence-corrected chi connectivity index (χ1v) is 11.5. The number of ether oxygens (including phenoxy) is 1. The number of rotatable bonds is 5. The molecule has 1 unspecified atom stereocenters. The highest BCUT2D eigenvalue weighted by Crippen LogP contribution is 2.39. The maximum Gasteiger partial charge on any atom is 0.336 e. The molecule has 6 nitrogen and oxygen atoms in total. The topological polar surface area (TPSA) is 86.7 Å². The molecule has 2 aromatic heterocycles. The number of ketones is 2. The monoisotopic (exact) mass is 482 g/mol. The molecule has 0 spiro atoms. The van der Waals surface area contributed by atoms with Crippen molar-refractivity contribution in [1.82, 2.24) is 0 Å². The van der Waals surface area contributed by atoms with E-state index in [1.54, 1.807) is 25.3 Å². The van der Waals surface area contributed by atoms with Gasteiger partial charge in [0.15, 0.2) is 17.3 Å². The smallest absolute Gasteiger partial charge is 0.336 e. The van der Waals surface area contributed by atoms with Crippen LogP contribution in [0.2, 0.25) is 0 Å². The van der Waals surface area contributed by atoms with Crippen LogP contribution in [0.4, 0.5) is 0 Å². The molecule has 0 saturated carbocycles. The lowest BCUT2D eigenvalue weighted by atomic mass is 9.86. The molecule has 182 valence electrons. The largest absolute Gasteiger partial charge is 0.492 e. The van der Waals surface area contributed by atoms with Crippen LogP contribution in [0.5, 0.6) is 5.75 Å². The third-order valence-corrected chi connectivity index (χ3v) is 5.85. The van der Waals surface area contributed by atoms with E-state index in [0.29, 0.717) is 16.7 Å². The fourth-order valence-electron chi connectivity index (χ4n) is 4.12. The van der Waals surface area contributed by atoms with Crippen molar-refractivity contribution in [3.05, 3.63) is 113 Å². The van der Waals surface area contributed by atoms with E-state index >= 15 is 0 Å². The number of hydrogen-bond donors (Lipinski definition) is 0. The minimum atomic E-state index is -0.366. The lowest BCUT2D eigenvalue weighted by molar-refractivity contribution is -0.114. The number of fused-ring (bicyclic) bond motifs is 2. The summed E-state index contributed by atoms with van der Waals surface area (Å²) in [7, 11) is 1.63. The lowest BCUT2D eigenvalue weighted by Gasteiger charge is -2.16. The summed E-state index contributed by atoms with van der Waals surface area (Å²) >= 11 is 0. The Bertz CT molecular complexity index is 1560. The van der Waals surface area contributed by atoms with Gasteiger partial charge >= 0.3 is 5.63 Å². The number of carbonyl (C=O) groups excluding carboxylic acids is 2. The molecule has 1 atom stereocenters. The molecule has 0 amide bonds. The number of furan rings is 1. The van der Waals surface area contributed by atoms with Crippen LogP contribution in [0.15, 0.2) is 105 Å². The van der Waals surface area contributed by atoms with E-state index in [1.807, 2.05) is 50.2 Å². The molecule has 4 aromatic rings. The molecule has 1 aliphatic carbocycles. The summed E-state index contributed by atoms with van der Waals surface area (Å²) in [5.41, 5.74) is 2.27. The van der Waals surface area contributed by atoms with Gasteiger partial charge in [0.25, 0.3) is 0 Å². The number of benzene rings is 2. The Morgan fingerprint density at radius 2 is 1.67 bits per heavy atom. The predicted molar refractivity (Wildman–Crippen MR) is 140 cm³/mol. The Morgan fingerprint density at radius 3 is 2.33 bits per heavy atom. The Morgan fingerprint density at radius 1 is 0.917 bits per heavy atom. The van der Waals surface area contributed by atoms with Crippen LogP contribution in [-0.4, -0.2) is 18.7 Å². The predicted octanol–water partition coefficient (Wildman–Crippen LogP) is 6.26. The molecule has 0 saturated heterocycles. The second kappa shape index (κ2) is 10.4. The van der Waals surface area contributed by atoms with Crippen LogP contribution in [0.3, 0.4) is 0 Å². The van der Waals surface area contributed by atoms with Gasteiger partial charge in [-0.2, -0.15) is 0 Å². The summed E-state index contributed by atoms with van der Waals surface area (Å²) in [6, 6.07) is 16.3. The van der Waals surface area contributed by atoms with Gasteiger partial charge in [-0.1, -0.05) is 50.3 Å². The molecule has 36 heavy (non-hydrogen) atoms. The van der Waals surface area contributed by atoms with Crippen molar-refractivity contribution in [2.24, 2.45) is 0 Å². The highest BCUT2D eigenvalue weighted by atomic mass is 16.5. The molecule has 5 rings (SSSR count). The van der Waals surface area contributed by atoms with Gasteiger partial charge in [0.2, 0.25) is 0 Å². The first-order chi connectivity index (χ1) is 17.3. The van der Waals surface area contributed by atoms with Gasteiger partial charge in [-0.3, -0.25) is 9.59 Å². The zero-order chi connectivity index (χ0) is 25.8. The van der Waals surface area contributed by atoms with Crippen LogP contribution in [0.25, 0.3) is 21.9 Å². The van der Waals surface area contributed by atoms with Crippen molar-refractivity contribution < 1.29 is 23.2 Å². The number of hydrogen-bond acceptors (Lipinski definition) is 6. The quantitative estimate of drug-likeness (QED) is 0.190. The first kappa shape index (κ1) is 24.7. The van der Waals surface area contributed by atoms with E-state index in [9.17, 15) is 14.4 Å². The van der Waals surface area contributed by atoms with E-state index in [-0.39, 0.29) is 29.0 Å². The van der Waals surface area contributed by atoms with Gasteiger partial charge in [-0.25, -0.2) is 4.79 Å². The standard InChI is InChI=1S/C15H14O4.C15H12O2/c1-8(2)14-15(17-3)10-6-9-4-5-13(16)18-11(9)7-12(10)19-14;1-2-13(11-6-4-3-5-7-11)14-10-12(16)8-9-15(14)17/h4-8H,1-3H3;2-10,13H,1H2. The number of allylic oxidation sites excluding steroid dienone is 5. The Hall–Kier alpha value is -4.45. The van der Waals surface area contributed by atoms with Crippen LogP contribution in [0, 0.1) is 0 Å². The van der Waals surface area contributed by atoms with Crippen LogP contribution in [-0.2, 0) is 9.59 Å². The lowest BCUT2D eigenvalue weighted by Crippen LogP contribution is -2.13. The average molecular weight is 483 g/mol. The molecule has 0 bridgehead atoms. The molecule has 2 aromatic carbocycles. The Kier molecular flexibility index (Phi) is 7.15. The minimum Gasteiger partial charge on any atom is -0.492 e. The van der Waals surface area contributed by atoms with Crippen LogP contribution in [0.1, 0.15) is 37.0 Å². The highest BCUT2D eigenvalue weighted by molar-refractivity contribution is 6.18. The zero-order valence-corrected chi connectivity index (χ0v) is 20.3. The molecule has 0 radical (unpaired) electrons. The van der Waals surface area contributed by atoms with Crippen molar-refractivity contribution >= 4 is 33.5 Å². The van der Waals surface area contributed by atoms with Crippen molar-refractivity contribution in [3.8, 4) is 5.75 Å². The third-order valence-electron chi connectivity index (χ3n) is 5.85. The van der Waals surface area contributed by atoms with Crippen LogP contribution >= 0.6 is 0 Å². The molecular formula is C30H26O6. The van der Waals surface area contributed by atoms with E-state index in [4.69, 9.17) is 13.6 Å². The van der Waals surface area contributed by atoms with Gasteiger partial charge < -0.3 is 13.6 Å². The summed E-state index contributed by atoms with van der Waals surface area (Å²) in [6.45, 7) is 7.83. The third kappa shape index (κ3) is 4.98. The Labute approximate surface area is 208 Å². The maximum atomic E-state index is 11.8. The zero-order valence-electron chi connectivity index (χ0n) is 20.3. The highest BCUT2D eigenvalue weighted by Gasteiger charge is 2.22. The van der Waals surface area contributed by atoms with Crippen molar-refractivity contribution in [3.63, 3.8) is 0 Å². The summed E-state index contributed by atoms with van der Waals surface area (Å²) in [5, 5.41) is 1.74. The Balaban J connectivity index is 0.000000170. The van der Waals surface area contributed by atoms with Gasteiger partial charge in [-0.05, 0) is 35.9 Å². The average Bonchev–Trinajstić information content (AvgIpc) is 3.24. The van der Waals surface area contributed by atoms with Gasteiger partial charge in [0, 0.05) is 34.9 Å². The van der Waals surface area contributed by atoms with E-state index < -0.39 is 0 Å². The number of methoxy groups -OCH3 is 1. The number of carbonyl (C=O) groups is 2. The maximum absolute atomic E-state index is 11.8. The summed E-state index contributed by atoms with van der Waals surface area (Å²) in [4.78, 5) is 34.3. The van der Waals surface area contributed by atoms with Crippen molar-refractivity contribution in [2.45, 2.75) is 25.7 Å². The van der Waals surface area contributed by atoms with Crippen LogP contribution < -0.4 is 10.4 Å². The summed E-state index contributed by atoms with van der Waals surface area (Å²) < 4.78 is 16.4. The fourth-order valence-corrected chi connectivity index (χ4v) is 4.12. The molecule has 1 aliphatic rings. The molecule has 6 heteroatoms. The molecule has 0 fully saturated rings. The van der Waals surface area contributed by atoms with Gasteiger partial charge in [0.1, 0.15) is 16.9 Å². The van der Waals surface area contributed by atoms with E-state index in [2.05, 4.69) is 6.58 Å². The van der Waals surface area contributed by atoms with Crippen molar-refractivity contribution in [2.75, 3.05) is 7.11 Å². The second-order valence-corrected chi connectivity index (χ2v) is 8.62.